The Kier molecular flexibility index (Phi) is 3.84. The molecule has 0 saturated heterocycles. The summed E-state index contributed by atoms with van der Waals surface area (Å²) in [6, 6.07) is 34.3. The van der Waals surface area contributed by atoms with Crippen molar-refractivity contribution >= 4 is 43.5 Å². The zero-order valence-corrected chi connectivity index (χ0v) is 17.8. The maximum atomic E-state index is 4.76. The van der Waals surface area contributed by atoms with Crippen LogP contribution >= 0.6 is 0 Å². The summed E-state index contributed by atoms with van der Waals surface area (Å²) in [6.45, 7) is 0. The van der Waals surface area contributed by atoms with Crippen LogP contribution in [0.2, 0.25) is 0 Å². The zero-order valence-electron chi connectivity index (χ0n) is 17.8. The second-order valence-corrected chi connectivity index (χ2v) is 8.34. The van der Waals surface area contributed by atoms with Crippen molar-refractivity contribution in [3.63, 3.8) is 0 Å². The molecule has 0 bridgehead atoms. The van der Waals surface area contributed by atoms with Gasteiger partial charge >= 0.3 is 0 Å². The van der Waals surface area contributed by atoms with Gasteiger partial charge in [0.05, 0.1) is 28.4 Å². The van der Waals surface area contributed by atoms with Gasteiger partial charge in [-0.15, -0.1) is 0 Å². The molecule has 33 heavy (non-hydrogen) atoms. The molecule has 3 heteroatoms. The van der Waals surface area contributed by atoms with E-state index in [1.54, 1.807) is 0 Å². The summed E-state index contributed by atoms with van der Waals surface area (Å²) in [7, 11) is 0. The first-order valence-corrected chi connectivity index (χ1v) is 11.1. The van der Waals surface area contributed by atoms with E-state index in [2.05, 4.69) is 101 Å². The molecule has 7 rings (SSSR count). The summed E-state index contributed by atoms with van der Waals surface area (Å²) < 4.78 is 2.34. The summed E-state index contributed by atoms with van der Waals surface area (Å²) in [5.74, 6) is 0. The lowest BCUT2D eigenvalue weighted by atomic mass is 10.0. The van der Waals surface area contributed by atoms with Crippen LogP contribution in [0.15, 0.2) is 116 Å². The Morgan fingerprint density at radius 3 is 2.39 bits per heavy atom. The largest absolute Gasteiger partial charge is 0.307 e. The Labute approximate surface area is 190 Å². The van der Waals surface area contributed by atoms with E-state index in [1.807, 2.05) is 24.7 Å². The summed E-state index contributed by atoms with van der Waals surface area (Å²) in [5, 5.41) is 5.90. The van der Waals surface area contributed by atoms with Crippen LogP contribution < -0.4 is 0 Å². The molecule has 3 heterocycles. The molecule has 0 fully saturated rings. The first-order valence-electron chi connectivity index (χ1n) is 11.1. The fourth-order valence-corrected chi connectivity index (χ4v) is 5.02. The Morgan fingerprint density at radius 2 is 1.45 bits per heavy atom. The van der Waals surface area contributed by atoms with Gasteiger partial charge in [-0.25, -0.2) is 0 Å². The predicted molar refractivity (Wildman–Crippen MR) is 137 cm³/mol. The number of pyridine rings is 2. The molecular formula is C30H19N3. The molecular weight excluding hydrogens is 402 g/mol. The standard InChI is InChI=1S/C30H19N3/c1-2-6-20(7-3-1)23-13-14-26-25(18-23)24-15-17-31-19-28(24)33(26)27-10-4-8-21-11-12-22-9-5-16-32-30(22)29(21)27/h1-19H. The lowest BCUT2D eigenvalue weighted by Crippen LogP contribution is -1.96. The Balaban J connectivity index is 1.62. The second kappa shape index (κ2) is 7.01. The third-order valence-electron chi connectivity index (χ3n) is 6.51. The molecule has 0 saturated carbocycles. The van der Waals surface area contributed by atoms with E-state index in [-0.39, 0.29) is 0 Å². The molecule has 0 aliphatic rings. The summed E-state index contributed by atoms with van der Waals surface area (Å²) in [6.07, 6.45) is 5.72. The molecule has 3 nitrogen and oxygen atoms in total. The lowest BCUT2D eigenvalue weighted by Gasteiger charge is -2.13. The molecule has 0 aliphatic heterocycles. The first-order chi connectivity index (χ1) is 16.4. The van der Waals surface area contributed by atoms with Crippen molar-refractivity contribution in [1.82, 2.24) is 14.5 Å². The minimum absolute atomic E-state index is 1.02. The van der Waals surface area contributed by atoms with Gasteiger partial charge in [-0.2, -0.15) is 0 Å². The Hall–Kier alpha value is -4.50. The lowest BCUT2D eigenvalue weighted by molar-refractivity contribution is 1.18. The van der Waals surface area contributed by atoms with Gasteiger partial charge in [-0.1, -0.05) is 66.7 Å². The minimum atomic E-state index is 1.02. The highest BCUT2D eigenvalue weighted by atomic mass is 15.0. The van der Waals surface area contributed by atoms with E-state index in [4.69, 9.17) is 4.98 Å². The molecule has 7 aromatic rings. The van der Waals surface area contributed by atoms with Crippen molar-refractivity contribution < 1.29 is 0 Å². The van der Waals surface area contributed by atoms with Gasteiger partial charge in [-0.3, -0.25) is 9.97 Å². The highest BCUT2D eigenvalue weighted by molar-refractivity contribution is 6.14. The number of nitrogens with zero attached hydrogens (tertiary/aromatic N) is 3. The molecule has 154 valence electrons. The van der Waals surface area contributed by atoms with Crippen LogP contribution in [-0.2, 0) is 0 Å². The van der Waals surface area contributed by atoms with Crippen molar-refractivity contribution in [2.45, 2.75) is 0 Å². The van der Waals surface area contributed by atoms with Crippen LogP contribution in [-0.4, -0.2) is 14.5 Å². The van der Waals surface area contributed by atoms with Gasteiger partial charge in [0.2, 0.25) is 0 Å². The van der Waals surface area contributed by atoms with Crippen molar-refractivity contribution in [1.29, 1.82) is 0 Å². The van der Waals surface area contributed by atoms with Gasteiger partial charge in [-0.05, 0) is 46.8 Å². The van der Waals surface area contributed by atoms with Crippen molar-refractivity contribution in [3.05, 3.63) is 116 Å². The molecule has 0 amide bonds. The van der Waals surface area contributed by atoms with Crippen LogP contribution in [0.5, 0.6) is 0 Å². The number of benzene rings is 4. The monoisotopic (exact) mass is 421 g/mol. The van der Waals surface area contributed by atoms with Crippen molar-refractivity contribution in [3.8, 4) is 16.8 Å². The van der Waals surface area contributed by atoms with Gasteiger partial charge < -0.3 is 4.57 Å². The third kappa shape index (κ3) is 2.69. The van der Waals surface area contributed by atoms with Crippen molar-refractivity contribution in [2.75, 3.05) is 0 Å². The number of fused-ring (bicyclic) bond motifs is 6. The molecule has 0 aliphatic carbocycles. The molecule has 3 aromatic heterocycles. The van der Waals surface area contributed by atoms with Crippen LogP contribution in [0.25, 0.3) is 60.3 Å². The van der Waals surface area contributed by atoms with Gasteiger partial charge in [0.15, 0.2) is 0 Å². The van der Waals surface area contributed by atoms with Gasteiger partial charge in [0, 0.05) is 33.9 Å². The average Bonchev–Trinajstić information content (AvgIpc) is 3.22. The third-order valence-corrected chi connectivity index (χ3v) is 6.51. The van der Waals surface area contributed by atoms with Crippen molar-refractivity contribution in [2.24, 2.45) is 0 Å². The van der Waals surface area contributed by atoms with E-state index in [1.165, 1.54) is 27.3 Å². The van der Waals surface area contributed by atoms with Crippen LogP contribution in [0.3, 0.4) is 0 Å². The van der Waals surface area contributed by atoms with Gasteiger partial charge in [0.1, 0.15) is 0 Å². The number of rotatable bonds is 2. The van der Waals surface area contributed by atoms with Crippen LogP contribution in [0.4, 0.5) is 0 Å². The van der Waals surface area contributed by atoms with E-state index in [9.17, 15) is 0 Å². The molecule has 4 aromatic carbocycles. The Bertz CT molecular complexity index is 1810. The highest BCUT2D eigenvalue weighted by Crippen LogP contribution is 2.37. The maximum Gasteiger partial charge on any atom is 0.0801 e. The zero-order chi connectivity index (χ0) is 21.8. The second-order valence-electron chi connectivity index (χ2n) is 8.34. The van der Waals surface area contributed by atoms with Crippen LogP contribution in [0.1, 0.15) is 0 Å². The Morgan fingerprint density at radius 1 is 0.576 bits per heavy atom. The fraction of sp³-hybridized carbons (Fsp3) is 0. The van der Waals surface area contributed by atoms with E-state index < -0.39 is 0 Å². The molecule has 0 N–H and O–H groups in total. The predicted octanol–water partition coefficient (Wildman–Crippen LogP) is 7.55. The fourth-order valence-electron chi connectivity index (χ4n) is 5.02. The maximum absolute atomic E-state index is 4.76. The summed E-state index contributed by atoms with van der Waals surface area (Å²) in [5.41, 5.74) is 6.83. The van der Waals surface area contributed by atoms with E-state index >= 15 is 0 Å². The quantitative estimate of drug-likeness (QED) is 0.270. The average molecular weight is 422 g/mol. The normalized spacial score (nSPS) is 11.6. The minimum Gasteiger partial charge on any atom is -0.307 e. The summed E-state index contributed by atoms with van der Waals surface area (Å²) >= 11 is 0. The topological polar surface area (TPSA) is 30.7 Å². The molecule has 0 spiro atoms. The molecule has 0 radical (unpaired) electrons. The smallest absolute Gasteiger partial charge is 0.0801 e. The highest BCUT2D eigenvalue weighted by Gasteiger charge is 2.16. The van der Waals surface area contributed by atoms with E-state index in [0.717, 1.165) is 33.0 Å². The number of hydrogen-bond donors (Lipinski definition) is 0. The van der Waals surface area contributed by atoms with E-state index in [0.29, 0.717) is 0 Å². The summed E-state index contributed by atoms with van der Waals surface area (Å²) in [4.78, 5) is 9.25. The number of hydrogen-bond acceptors (Lipinski definition) is 2. The first kappa shape index (κ1) is 18.1. The SMILES string of the molecule is c1ccc(-c2ccc3c(c2)c2ccncc2n3-c2cccc3ccc4cccnc4c23)cc1. The number of aromatic nitrogens is 3. The molecule has 0 unspecified atom stereocenters. The van der Waals surface area contributed by atoms with Crippen LogP contribution in [0, 0.1) is 0 Å². The molecule has 0 atom stereocenters. The van der Waals surface area contributed by atoms with Gasteiger partial charge in [0.25, 0.3) is 0 Å².